The predicted octanol–water partition coefficient (Wildman–Crippen LogP) is 21.9. The third-order valence-electron chi connectivity index (χ3n) is 29.4. The lowest BCUT2D eigenvalue weighted by atomic mass is 9.67. The molecule has 129 heavy (non-hydrogen) atoms. The predicted molar refractivity (Wildman–Crippen MR) is 540 cm³/mol. The second-order valence-electron chi connectivity index (χ2n) is 40.1. The maximum absolute atomic E-state index is 12.5. The molecule has 5 spiro atoms. The van der Waals surface area contributed by atoms with Crippen molar-refractivity contribution >= 4 is 15.8 Å². The number of fused-ring (bicyclic) bond motifs is 1. The molecule has 7 heterocycles. The van der Waals surface area contributed by atoms with Gasteiger partial charge in [-0.2, -0.15) is 0 Å². The van der Waals surface area contributed by atoms with E-state index in [1.807, 2.05) is 74.8 Å². The van der Waals surface area contributed by atoms with Crippen LogP contribution in [0.25, 0.3) is 0 Å². The summed E-state index contributed by atoms with van der Waals surface area (Å²) in [5.41, 5.74) is 6.57. The Kier molecular flexibility index (Phi) is 50.3. The largest absolute Gasteiger partial charge is 0.481 e. The number of likely N-dealkylation sites (tertiary alicyclic amines) is 1. The van der Waals surface area contributed by atoms with Crippen LogP contribution in [0.1, 0.15) is 288 Å². The Bertz CT molecular complexity index is 3930. The zero-order chi connectivity index (χ0) is 86.9. The highest BCUT2D eigenvalue weighted by atomic mass is 32.2. The number of aliphatic hydroxyl groups is 2. The van der Waals surface area contributed by atoms with Gasteiger partial charge < -0.3 is 54.4 Å². The molecule has 18 rings (SSSR count). The van der Waals surface area contributed by atoms with Crippen molar-refractivity contribution in [2.24, 2.45) is 41.4 Å². The molecule has 19 heteroatoms. The van der Waals surface area contributed by atoms with Crippen LogP contribution in [0.5, 0.6) is 0 Å². The first-order valence-corrected chi connectivity index (χ1v) is 49.5. The van der Waals surface area contributed by atoms with Crippen molar-refractivity contribution in [2.75, 3.05) is 94.2 Å². The monoisotopic (exact) mass is 1820 g/mol. The fourth-order valence-electron chi connectivity index (χ4n) is 23.6. The van der Waals surface area contributed by atoms with Gasteiger partial charge in [-0.05, 0) is 253 Å². The van der Waals surface area contributed by atoms with Crippen LogP contribution in [0.4, 0.5) is 0 Å². The zero-order valence-corrected chi connectivity index (χ0v) is 77.8. The number of ether oxygens (including phenoxy) is 6. The number of nitrogens with one attached hydrogen (secondary N) is 2. The first-order chi connectivity index (χ1) is 58.7. The minimum atomic E-state index is -3.11. The highest BCUT2D eigenvalue weighted by molar-refractivity contribution is 7.91. The molecule has 7 saturated heterocycles. The van der Waals surface area contributed by atoms with Gasteiger partial charge in [0.15, 0.2) is 9.84 Å². The number of aliphatic carboxylic acids is 1. The number of aliphatic hydroxyl groups excluding tert-OH is 2. The van der Waals surface area contributed by atoms with Crippen molar-refractivity contribution in [1.82, 2.24) is 30.2 Å². The molecule has 7 aliphatic heterocycles. The molecule has 18 nitrogen and oxygen atoms in total. The van der Waals surface area contributed by atoms with Crippen LogP contribution in [0.2, 0.25) is 0 Å². The van der Waals surface area contributed by atoms with Crippen molar-refractivity contribution in [3.05, 3.63) is 179 Å². The Hall–Kier alpha value is -5.04. The number of carboxylic acids is 1. The molecular formula is C110H188N6O12S. The molecule has 6 saturated carbocycles. The first kappa shape index (κ1) is 116. The van der Waals surface area contributed by atoms with Crippen molar-refractivity contribution in [3.8, 4) is 0 Å². The van der Waals surface area contributed by atoms with Crippen molar-refractivity contribution in [1.29, 1.82) is 0 Å². The number of benzene rings is 5. The van der Waals surface area contributed by atoms with Gasteiger partial charge in [0.25, 0.3) is 0 Å². The summed E-state index contributed by atoms with van der Waals surface area (Å²) >= 11 is 0. The molecule has 5 aromatic carbocycles. The van der Waals surface area contributed by atoms with E-state index in [1.54, 1.807) is 19.1 Å². The standard InChI is InChI=1S/C23H35NO.C19H29NO3S.C18H27NO2.C15H28N2O.C10H16O2.C8H11N.C8H8O2.C2H6O.7CH4/c1-18-14-23(25-17-18)13-12-22(21(15-23)20-10-6-7-11-20)24(2)16-19-8-4-3-5-9-19;1-15-11-19(23-14-15)10-9-17(18(12-19)24(3,21)22)20(2)13-16-7-5-4-6-8-16;1-14-10-18(21-13-14)9-8-16(17(20)11-18)19(2)12-15-6-4-3-5-7-15;1-12-9-15(18-11-12)6-5-13(16-2)14(10-15)17-7-3-4-8-17;1-7-4-10(11-6-7)3-2-8-9(5-10)12-8;1-9-7-8-5-3-2-4-6-8;9-8(10)6-7-4-2-1-3-5-7;1-2-3;;;;;;;/h3-5,8-9,18,20-22H,6-7,10-17H2,1-2H3;4-8,15,17-18H,9-14H2,1-3H3;3-7,14,16-17,20H,8-13H2,1-2H3;12-14,16H,3-11H2,1-2H3;7-9H,2-6H2,1H3;2-6,9H,7H2,1H3;1-5H,6H2,(H,9,10);3H,2H2,1H3;7*1H4/t18?,21-,22+,23-;;;12?,13-,14-,15+;;;;;;;;;;;/m1..0.........../s1. The molecule has 0 amide bonds. The smallest absolute Gasteiger partial charge is 0.307 e. The van der Waals surface area contributed by atoms with Crippen molar-refractivity contribution in [3.63, 3.8) is 0 Å². The van der Waals surface area contributed by atoms with Crippen LogP contribution in [0.15, 0.2) is 152 Å². The number of epoxide rings is 1. The van der Waals surface area contributed by atoms with E-state index in [-0.39, 0.29) is 116 Å². The van der Waals surface area contributed by atoms with Crippen LogP contribution >= 0.6 is 0 Å². The zero-order valence-electron chi connectivity index (χ0n) is 77.0. The fraction of sp³-hybridized carbons (Fsp3) is 0.718. The summed E-state index contributed by atoms with van der Waals surface area (Å²) in [6, 6.07) is 53.6. The molecule has 14 unspecified atom stereocenters. The van der Waals surface area contributed by atoms with E-state index in [0.29, 0.717) is 42.5 Å². The van der Waals surface area contributed by atoms with E-state index in [4.69, 9.17) is 38.6 Å². The molecule has 736 valence electrons. The van der Waals surface area contributed by atoms with E-state index in [0.717, 1.165) is 145 Å². The van der Waals surface area contributed by atoms with Crippen LogP contribution in [0.3, 0.4) is 0 Å². The Labute approximate surface area is 788 Å². The third kappa shape index (κ3) is 34.6. The van der Waals surface area contributed by atoms with Crippen LogP contribution < -0.4 is 10.6 Å². The van der Waals surface area contributed by atoms with Gasteiger partial charge in [0, 0.05) is 115 Å². The van der Waals surface area contributed by atoms with Gasteiger partial charge >= 0.3 is 5.97 Å². The lowest BCUT2D eigenvalue weighted by molar-refractivity contribution is -0.136. The number of hydrogen-bond donors (Lipinski definition) is 5. The summed E-state index contributed by atoms with van der Waals surface area (Å²) in [6.45, 7) is 24.2. The second kappa shape index (κ2) is 55.9. The number of rotatable bonds is 17. The van der Waals surface area contributed by atoms with Gasteiger partial charge in [0.2, 0.25) is 0 Å². The highest BCUT2D eigenvalue weighted by Gasteiger charge is 2.55. The number of carboxylic acid groups (broad SMARTS) is 1. The summed E-state index contributed by atoms with van der Waals surface area (Å²) in [7, 11) is 7.49. The lowest BCUT2D eigenvalue weighted by Gasteiger charge is -2.47. The minimum absolute atomic E-state index is 0. The molecule has 0 radical (unpaired) electrons. The molecule has 20 atom stereocenters. The summed E-state index contributed by atoms with van der Waals surface area (Å²) in [6.07, 6.45) is 33.6. The van der Waals surface area contributed by atoms with Gasteiger partial charge in [-0.1, -0.05) is 264 Å². The lowest BCUT2D eigenvalue weighted by Crippen LogP contribution is -2.56. The Morgan fingerprint density at radius 1 is 0.442 bits per heavy atom. The molecule has 0 aromatic heterocycles. The number of sulfone groups is 1. The Morgan fingerprint density at radius 2 is 0.791 bits per heavy atom. The minimum Gasteiger partial charge on any atom is -0.481 e. The van der Waals surface area contributed by atoms with Crippen LogP contribution in [0, 0.1) is 41.4 Å². The molecule has 6 aliphatic carbocycles. The maximum Gasteiger partial charge on any atom is 0.307 e. The maximum atomic E-state index is 12.5. The van der Waals surface area contributed by atoms with Crippen molar-refractivity contribution < 1.29 is 57.0 Å². The normalized spacial score (nSPS) is 32.6. The van der Waals surface area contributed by atoms with Crippen LogP contribution in [-0.4, -0.2) is 225 Å². The van der Waals surface area contributed by atoms with Gasteiger partial charge in [0.1, 0.15) is 0 Å². The molecule has 5 aromatic rings. The Balaban J connectivity index is 0.000000318. The highest BCUT2D eigenvalue weighted by Crippen LogP contribution is 2.53. The first-order valence-electron chi connectivity index (χ1n) is 47.6. The summed E-state index contributed by atoms with van der Waals surface area (Å²) < 4.78 is 61.2. The molecule has 0 bridgehead atoms. The topological polar surface area (TPSA) is 208 Å². The third-order valence-corrected chi connectivity index (χ3v) is 31.0. The van der Waals surface area contributed by atoms with Crippen LogP contribution in [-0.2, 0) is 75.7 Å². The Morgan fingerprint density at radius 3 is 1.17 bits per heavy atom. The molecule has 5 N–H and O–H groups in total. The van der Waals surface area contributed by atoms with E-state index in [2.05, 4.69) is 165 Å². The summed E-state index contributed by atoms with van der Waals surface area (Å²) in [5.74, 6) is 4.42. The quantitative estimate of drug-likeness (QED) is 0.0549. The molecule has 13 aliphatic rings. The van der Waals surface area contributed by atoms with Gasteiger partial charge in [-0.25, -0.2) is 8.42 Å². The second-order valence-corrected chi connectivity index (χ2v) is 42.3. The van der Waals surface area contributed by atoms with Gasteiger partial charge in [0.05, 0.1) is 58.0 Å². The number of likely N-dealkylation sites (N-methyl/N-ethyl adjacent to an activating group) is 2. The summed E-state index contributed by atoms with van der Waals surface area (Å²) in [4.78, 5) is 20.1. The van der Waals surface area contributed by atoms with Gasteiger partial charge in [-0.3, -0.25) is 24.4 Å². The molecule has 13 fully saturated rings. The fourth-order valence-corrected chi connectivity index (χ4v) is 25.1. The van der Waals surface area contributed by atoms with Gasteiger partial charge in [-0.15, -0.1) is 0 Å². The summed E-state index contributed by atoms with van der Waals surface area (Å²) in [5, 5.41) is 32.8. The average Bonchev–Trinajstić information content (AvgIpc) is 1.50. The van der Waals surface area contributed by atoms with E-state index in [1.165, 1.54) is 157 Å². The van der Waals surface area contributed by atoms with E-state index in [9.17, 15) is 18.3 Å². The van der Waals surface area contributed by atoms with E-state index >= 15 is 0 Å². The van der Waals surface area contributed by atoms with E-state index < -0.39 is 15.8 Å². The number of nitrogens with zero attached hydrogens (tertiary/aromatic N) is 4. The number of carbonyl (C=O) groups is 1. The average molecular weight is 1820 g/mol. The number of hydrogen-bond acceptors (Lipinski definition) is 17. The molecular weight excluding hydrogens is 1630 g/mol. The van der Waals surface area contributed by atoms with Crippen molar-refractivity contribution in [2.45, 2.75) is 375 Å². The SMILES string of the molecule is C.C.C.C.C.C.C.CC1COC2(CCC(N(C)Cc3ccccc3)C(O)C2)C1.CC1COC2(CCC(N(C)Cc3ccccc3)C(S(C)(=O)=O)C2)C1.CC1COC2(CCC3OC3C2)C1.CC1CO[C@]2(CC[C@H](N(C)Cc3ccccc3)[C@@H](C3CCCC3)C2)C1.CCO.CNCc1ccccc1.CN[C@H]1CC[C@@]2(CC(C)CO2)C[C@@H]1N1CCCC1.O=C(O)Cc1ccccc1.